The standard InChI is InChI=1S/C20H22N3P/c1-16-7-8-18(20-19(16)21-9-10-22-20)24-13-11-23(12-14-24)15-17-5-3-2-4-6-17/h2-10H,11-15H2,1H3. The Bertz CT molecular complexity index is 827. The van der Waals surface area contributed by atoms with Gasteiger partial charge in [-0.1, -0.05) is 50.4 Å². The van der Waals surface area contributed by atoms with Crippen LogP contribution < -0.4 is 5.30 Å². The highest BCUT2D eigenvalue weighted by Gasteiger charge is 2.22. The van der Waals surface area contributed by atoms with E-state index in [0.29, 0.717) is 0 Å². The van der Waals surface area contributed by atoms with Gasteiger partial charge in [-0.05, 0) is 30.4 Å². The average molecular weight is 335 g/mol. The van der Waals surface area contributed by atoms with Crippen molar-refractivity contribution in [1.82, 2.24) is 14.9 Å². The molecule has 1 fully saturated rings. The quantitative estimate of drug-likeness (QED) is 0.685. The van der Waals surface area contributed by atoms with Crippen molar-refractivity contribution in [2.24, 2.45) is 0 Å². The Balaban J connectivity index is 1.49. The lowest BCUT2D eigenvalue weighted by Crippen LogP contribution is -2.35. The second-order valence-electron chi connectivity index (χ2n) is 6.40. The Hall–Kier alpha value is -1.83. The number of hydrogen-bond donors (Lipinski definition) is 0. The molecule has 1 aliphatic heterocycles. The highest BCUT2D eigenvalue weighted by Crippen LogP contribution is 2.39. The third-order valence-corrected chi connectivity index (χ3v) is 7.29. The van der Waals surface area contributed by atoms with E-state index < -0.39 is 0 Å². The minimum absolute atomic E-state index is 0.124. The summed E-state index contributed by atoms with van der Waals surface area (Å²) in [6, 6.07) is 15.3. The van der Waals surface area contributed by atoms with Crippen LogP contribution in [0, 0.1) is 6.92 Å². The lowest BCUT2D eigenvalue weighted by molar-refractivity contribution is 0.292. The first-order valence-electron chi connectivity index (χ1n) is 8.53. The molecule has 0 atom stereocenters. The van der Waals surface area contributed by atoms with E-state index in [9.17, 15) is 0 Å². The van der Waals surface area contributed by atoms with Gasteiger partial charge in [-0.3, -0.25) is 14.9 Å². The molecule has 1 aromatic heterocycles. The topological polar surface area (TPSA) is 29.0 Å². The monoisotopic (exact) mass is 335 g/mol. The van der Waals surface area contributed by atoms with Gasteiger partial charge in [-0.15, -0.1) is 0 Å². The summed E-state index contributed by atoms with van der Waals surface area (Å²) in [6.07, 6.45) is 6.15. The summed E-state index contributed by atoms with van der Waals surface area (Å²) in [7, 11) is -0.124. The summed E-state index contributed by atoms with van der Waals surface area (Å²) in [5, 5.41) is 1.44. The summed E-state index contributed by atoms with van der Waals surface area (Å²) in [5.74, 6) is 0. The van der Waals surface area contributed by atoms with Gasteiger partial charge in [-0.25, -0.2) is 0 Å². The van der Waals surface area contributed by atoms with Crippen LogP contribution in [0.2, 0.25) is 0 Å². The molecule has 0 aliphatic carbocycles. The second kappa shape index (κ2) is 6.96. The van der Waals surface area contributed by atoms with Crippen LogP contribution in [0.15, 0.2) is 54.9 Å². The summed E-state index contributed by atoms with van der Waals surface area (Å²) in [5.41, 5.74) is 4.83. The zero-order valence-corrected chi connectivity index (χ0v) is 14.9. The highest BCUT2D eigenvalue weighted by atomic mass is 31.1. The van der Waals surface area contributed by atoms with E-state index in [-0.39, 0.29) is 7.92 Å². The van der Waals surface area contributed by atoms with E-state index >= 15 is 0 Å². The predicted octanol–water partition coefficient (Wildman–Crippen LogP) is 3.56. The highest BCUT2D eigenvalue weighted by molar-refractivity contribution is 7.66. The zero-order valence-electron chi connectivity index (χ0n) is 14.0. The van der Waals surface area contributed by atoms with Crippen molar-refractivity contribution in [3.8, 4) is 0 Å². The fourth-order valence-corrected chi connectivity index (χ4v) is 5.92. The van der Waals surface area contributed by atoms with Crippen molar-refractivity contribution in [3.05, 3.63) is 66.0 Å². The van der Waals surface area contributed by atoms with Crippen molar-refractivity contribution in [1.29, 1.82) is 0 Å². The number of nitrogens with zero attached hydrogens (tertiary/aromatic N) is 3. The minimum atomic E-state index is -0.124. The Morgan fingerprint density at radius 3 is 2.38 bits per heavy atom. The largest absolute Gasteiger partial charge is 0.298 e. The van der Waals surface area contributed by atoms with Crippen LogP contribution >= 0.6 is 7.92 Å². The predicted molar refractivity (Wildman–Crippen MR) is 102 cm³/mol. The van der Waals surface area contributed by atoms with Gasteiger partial charge in [-0.2, -0.15) is 0 Å². The van der Waals surface area contributed by atoms with Crippen LogP contribution in [0.1, 0.15) is 11.1 Å². The maximum Gasteiger partial charge on any atom is 0.0966 e. The smallest absolute Gasteiger partial charge is 0.0966 e. The van der Waals surface area contributed by atoms with Gasteiger partial charge in [0.15, 0.2) is 0 Å². The van der Waals surface area contributed by atoms with E-state index in [1.165, 1.54) is 41.8 Å². The van der Waals surface area contributed by atoms with Crippen LogP contribution in [0.4, 0.5) is 0 Å². The molecule has 1 saturated heterocycles. The fourth-order valence-electron chi connectivity index (χ4n) is 3.42. The second-order valence-corrected chi connectivity index (χ2v) is 8.86. The number of aryl methyl sites for hydroxylation is 1. The third kappa shape index (κ3) is 3.19. The first-order valence-corrected chi connectivity index (χ1v) is 10.2. The van der Waals surface area contributed by atoms with Gasteiger partial charge < -0.3 is 0 Å². The molecule has 3 nitrogen and oxygen atoms in total. The van der Waals surface area contributed by atoms with Crippen LogP contribution in [0.5, 0.6) is 0 Å². The maximum atomic E-state index is 4.64. The van der Waals surface area contributed by atoms with Gasteiger partial charge in [0.2, 0.25) is 0 Å². The van der Waals surface area contributed by atoms with Gasteiger partial charge in [0.1, 0.15) is 0 Å². The lowest BCUT2D eigenvalue weighted by atomic mass is 10.2. The molecule has 1 aliphatic rings. The SMILES string of the molecule is Cc1ccc(P2CCN(Cc3ccccc3)CC2)c2nccnc12. The number of hydrogen-bond acceptors (Lipinski definition) is 3. The third-order valence-electron chi connectivity index (χ3n) is 4.77. The Kier molecular flexibility index (Phi) is 4.55. The fraction of sp³-hybridized carbons (Fsp3) is 0.300. The molecule has 0 spiro atoms. The number of rotatable bonds is 3. The summed E-state index contributed by atoms with van der Waals surface area (Å²) < 4.78 is 0. The first-order chi connectivity index (χ1) is 11.8. The lowest BCUT2D eigenvalue weighted by Gasteiger charge is -2.32. The molecule has 4 rings (SSSR count). The van der Waals surface area contributed by atoms with Gasteiger partial charge >= 0.3 is 0 Å². The van der Waals surface area contributed by atoms with Crippen molar-refractivity contribution < 1.29 is 0 Å². The molecule has 122 valence electrons. The van der Waals surface area contributed by atoms with Gasteiger partial charge in [0.05, 0.1) is 11.0 Å². The number of aromatic nitrogens is 2. The maximum absolute atomic E-state index is 4.64. The van der Waals surface area contributed by atoms with Crippen molar-refractivity contribution in [3.63, 3.8) is 0 Å². The molecular weight excluding hydrogens is 313 g/mol. The minimum Gasteiger partial charge on any atom is -0.298 e. The van der Waals surface area contributed by atoms with Crippen LogP contribution in [-0.2, 0) is 6.54 Å². The van der Waals surface area contributed by atoms with Crippen LogP contribution in [0.25, 0.3) is 11.0 Å². The average Bonchev–Trinajstić information content (AvgIpc) is 2.64. The molecule has 24 heavy (non-hydrogen) atoms. The summed E-state index contributed by atoms with van der Waals surface area (Å²) in [4.78, 5) is 11.8. The molecule has 0 amide bonds. The Labute approximate surface area is 144 Å². The van der Waals surface area contributed by atoms with Crippen molar-refractivity contribution in [2.75, 3.05) is 25.4 Å². The molecule has 3 aromatic rings. The molecular formula is C20H22N3P. The zero-order chi connectivity index (χ0) is 16.4. The van der Waals surface area contributed by atoms with Gasteiger partial charge in [0, 0.05) is 37.3 Å². The molecule has 0 radical (unpaired) electrons. The van der Waals surface area contributed by atoms with Crippen molar-refractivity contribution in [2.45, 2.75) is 13.5 Å². The van der Waals surface area contributed by atoms with E-state index in [2.05, 4.69) is 64.3 Å². The molecule has 0 N–H and O–H groups in total. The van der Waals surface area contributed by atoms with Crippen molar-refractivity contribution >= 4 is 24.3 Å². The first kappa shape index (κ1) is 15.7. The van der Waals surface area contributed by atoms with E-state index in [1.54, 1.807) is 6.20 Å². The van der Waals surface area contributed by atoms with Crippen LogP contribution in [-0.4, -0.2) is 40.3 Å². The molecule has 2 aromatic carbocycles. The number of benzene rings is 2. The molecule has 4 heteroatoms. The molecule has 0 saturated carbocycles. The van der Waals surface area contributed by atoms with Gasteiger partial charge in [0.25, 0.3) is 0 Å². The van der Waals surface area contributed by atoms with E-state index in [4.69, 9.17) is 0 Å². The van der Waals surface area contributed by atoms with E-state index in [1.807, 2.05) is 6.20 Å². The Morgan fingerprint density at radius 2 is 1.62 bits per heavy atom. The van der Waals surface area contributed by atoms with E-state index in [0.717, 1.165) is 17.6 Å². The molecule has 0 unspecified atom stereocenters. The van der Waals surface area contributed by atoms with Crippen LogP contribution in [0.3, 0.4) is 0 Å². The molecule has 0 bridgehead atoms. The Morgan fingerprint density at radius 1 is 0.917 bits per heavy atom. The summed E-state index contributed by atoms with van der Waals surface area (Å²) >= 11 is 0. The normalized spacial score (nSPS) is 16.5. The molecule has 2 heterocycles. The number of fused-ring (bicyclic) bond motifs is 1. The summed E-state index contributed by atoms with van der Waals surface area (Å²) in [6.45, 7) is 5.54.